The van der Waals surface area contributed by atoms with Crippen molar-refractivity contribution in [2.24, 2.45) is 5.92 Å². The Morgan fingerprint density at radius 2 is 2.00 bits per heavy atom. The summed E-state index contributed by atoms with van der Waals surface area (Å²) in [6.07, 6.45) is 4.81. The van der Waals surface area contributed by atoms with Gasteiger partial charge in [-0.25, -0.2) is 0 Å². The average Bonchev–Trinajstić information content (AvgIpc) is 2.39. The molecule has 1 aromatic carbocycles. The zero-order valence-electron chi connectivity index (χ0n) is 10.0. The second-order valence-electron chi connectivity index (χ2n) is 4.64. The topological polar surface area (TPSA) is 37.3 Å². The number of hydrogen-bond acceptors (Lipinski definition) is 2. The van der Waals surface area contributed by atoms with Crippen molar-refractivity contribution < 1.29 is 9.90 Å². The van der Waals surface area contributed by atoms with Crippen LogP contribution in [0.5, 0.6) is 0 Å². The molecule has 0 bridgehead atoms. The van der Waals surface area contributed by atoms with E-state index in [4.69, 9.17) is 0 Å². The van der Waals surface area contributed by atoms with E-state index in [-0.39, 0.29) is 11.2 Å². The van der Waals surface area contributed by atoms with Crippen LogP contribution >= 0.6 is 11.8 Å². The molecule has 1 fully saturated rings. The summed E-state index contributed by atoms with van der Waals surface area (Å²) in [5.41, 5.74) is 1.36. The maximum Gasteiger partial charge on any atom is 0.307 e. The standard InChI is InChI=1S/C14H18O2S/c1-17-13-9-11(7-8-12(13)14(15)16)10-5-3-2-4-6-10/h2-6,11-13H,7-9H2,1H3,(H,15,16). The van der Waals surface area contributed by atoms with E-state index < -0.39 is 5.97 Å². The number of hydrogen-bond donors (Lipinski definition) is 1. The summed E-state index contributed by atoms with van der Waals surface area (Å²) >= 11 is 1.70. The van der Waals surface area contributed by atoms with Crippen LogP contribution in [0.3, 0.4) is 0 Å². The molecule has 2 nitrogen and oxygen atoms in total. The monoisotopic (exact) mass is 250 g/mol. The fourth-order valence-corrected chi connectivity index (χ4v) is 3.71. The van der Waals surface area contributed by atoms with Crippen LogP contribution in [0.25, 0.3) is 0 Å². The van der Waals surface area contributed by atoms with Crippen molar-refractivity contribution in [3.05, 3.63) is 35.9 Å². The van der Waals surface area contributed by atoms with Crippen molar-refractivity contribution in [3.63, 3.8) is 0 Å². The van der Waals surface area contributed by atoms with Gasteiger partial charge in [0.05, 0.1) is 5.92 Å². The number of carbonyl (C=O) groups is 1. The molecule has 0 aromatic heterocycles. The maximum absolute atomic E-state index is 11.2. The largest absolute Gasteiger partial charge is 0.481 e. The molecule has 3 atom stereocenters. The summed E-state index contributed by atoms with van der Waals surface area (Å²) in [6, 6.07) is 10.5. The van der Waals surface area contributed by atoms with Crippen LogP contribution in [0.4, 0.5) is 0 Å². The Bertz CT molecular complexity index is 377. The molecule has 17 heavy (non-hydrogen) atoms. The molecule has 3 unspecified atom stereocenters. The first kappa shape index (κ1) is 12.5. The number of rotatable bonds is 3. The summed E-state index contributed by atoms with van der Waals surface area (Å²) in [6.45, 7) is 0. The normalized spacial score (nSPS) is 28.9. The second-order valence-corrected chi connectivity index (χ2v) is 5.72. The lowest BCUT2D eigenvalue weighted by molar-refractivity contribution is -0.142. The minimum atomic E-state index is -0.629. The fraction of sp³-hybridized carbons (Fsp3) is 0.500. The summed E-state index contributed by atoms with van der Waals surface area (Å²) in [5, 5.41) is 9.44. The molecule has 1 aliphatic rings. The summed E-state index contributed by atoms with van der Waals surface area (Å²) in [5.74, 6) is -0.259. The van der Waals surface area contributed by atoms with Crippen molar-refractivity contribution in [3.8, 4) is 0 Å². The predicted octanol–water partition coefficient (Wildman–Crippen LogP) is 3.39. The molecule has 0 saturated heterocycles. The zero-order chi connectivity index (χ0) is 12.3. The lowest BCUT2D eigenvalue weighted by atomic mass is 9.78. The van der Waals surface area contributed by atoms with Crippen LogP contribution in [-0.2, 0) is 4.79 Å². The molecule has 0 amide bonds. The maximum atomic E-state index is 11.2. The second kappa shape index (κ2) is 5.58. The Hall–Kier alpha value is -0.960. The van der Waals surface area contributed by atoms with Crippen molar-refractivity contribution in [1.82, 2.24) is 0 Å². The lowest BCUT2D eigenvalue weighted by Crippen LogP contribution is -2.31. The number of benzene rings is 1. The van der Waals surface area contributed by atoms with E-state index in [1.165, 1.54) is 5.56 Å². The molecule has 0 aliphatic heterocycles. The van der Waals surface area contributed by atoms with Crippen molar-refractivity contribution in [2.45, 2.75) is 30.4 Å². The summed E-state index contributed by atoms with van der Waals surface area (Å²) in [7, 11) is 0. The molecule has 1 saturated carbocycles. The van der Waals surface area contributed by atoms with Gasteiger partial charge in [-0.15, -0.1) is 0 Å². The highest BCUT2D eigenvalue weighted by Crippen LogP contribution is 2.40. The van der Waals surface area contributed by atoms with Gasteiger partial charge in [-0.1, -0.05) is 30.3 Å². The van der Waals surface area contributed by atoms with Crippen LogP contribution < -0.4 is 0 Å². The first-order valence-electron chi connectivity index (χ1n) is 6.03. The molecular formula is C14H18O2S. The van der Waals surface area contributed by atoms with Gasteiger partial charge >= 0.3 is 5.97 Å². The van der Waals surface area contributed by atoms with Gasteiger partial charge in [-0.05, 0) is 37.0 Å². The van der Waals surface area contributed by atoms with Gasteiger partial charge in [0, 0.05) is 5.25 Å². The smallest absolute Gasteiger partial charge is 0.307 e. The molecule has 1 N–H and O–H groups in total. The van der Waals surface area contributed by atoms with E-state index in [1.54, 1.807) is 11.8 Å². The van der Waals surface area contributed by atoms with Crippen molar-refractivity contribution in [2.75, 3.05) is 6.26 Å². The first-order chi connectivity index (χ1) is 8.22. The van der Waals surface area contributed by atoms with Crippen LogP contribution in [-0.4, -0.2) is 22.6 Å². The highest BCUT2D eigenvalue weighted by Gasteiger charge is 2.34. The molecule has 92 valence electrons. The minimum absolute atomic E-state index is 0.162. The van der Waals surface area contributed by atoms with E-state index in [2.05, 4.69) is 24.3 Å². The molecule has 3 heteroatoms. The van der Waals surface area contributed by atoms with Gasteiger partial charge in [0.15, 0.2) is 0 Å². The molecule has 0 heterocycles. The Labute approximate surface area is 106 Å². The number of carboxylic acid groups (broad SMARTS) is 1. The Morgan fingerprint density at radius 3 is 2.59 bits per heavy atom. The quantitative estimate of drug-likeness (QED) is 0.893. The van der Waals surface area contributed by atoms with Crippen LogP contribution in [0, 0.1) is 5.92 Å². The Kier molecular flexibility index (Phi) is 4.11. The lowest BCUT2D eigenvalue weighted by Gasteiger charge is -2.33. The van der Waals surface area contributed by atoms with Crippen LogP contribution in [0.15, 0.2) is 30.3 Å². The van der Waals surface area contributed by atoms with E-state index in [0.29, 0.717) is 5.92 Å². The van der Waals surface area contributed by atoms with Crippen molar-refractivity contribution in [1.29, 1.82) is 0 Å². The van der Waals surface area contributed by atoms with Crippen LogP contribution in [0.1, 0.15) is 30.7 Å². The number of aliphatic carboxylic acids is 1. The Balaban J connectivity index is 2.09. The van der Waals surface area contributed by atoms with Crippen molar-refractivity contribution >= 4 is 17.7 Å². The third kappa shape index (κ3) is 2.83. The highest BCUT2D eigenvalue weighted by atomic mass is 32.2. The fourth-order valence-electron chi connectivity index (χ4n) is 2.70. The Morgan fingerprint density at radius 1 is 1.29 bits per heavy atom. The van der Waals surface area contributed by atoms with Gasteiger partial charge in [0.1, 0.15) is 0 Å². The number of carboxylic acids is 1. The van der Waals surface area contributed by atoms with E-state index in [1.807, 2.05) is 12.3 Å². The zero-order valence-corrected chi connectivity index (χ0v) is 10.8. The number of thioether (sulfide) groups is 1. The molecule has 1 aromatic rings. The summed E-state index contributed by atoms with van der Waals surface area (Å²) < 4.78 is 0. The average molecular weight is 250 g/mol. The minimum Gasteiger partial charge on any atom is -0.481 e. The van der Waals surface area contributed by atoms with Gasteiger partial charge in [-0.3, -0.25) is 4.79 Å². The van der Waals surface area contributed by atoms with Gasteiger partial charge < -0.3 is 5.11 Å². The van der Waals surface area contributed by atoms with E-state index in [9.17, 15) is 9.90 Å². The van der Waals surface area contributed by atoms with Gasteiger partial charge in [0.2, 0.25) is 0 Å². The predicted molar refractivity (Wildman–Crippen MR) is 71.5 cm³/mol. The van der Waals surface area contributed by atoms with Crippen LogP contribution in [0.2, 0.25) is 0 Å². The van der Waals surface area contributed by atoms with Gasteiger partial charge in [-0.2, -0.15) is 11.8 Å². The van der Waals surface area contributed by atoms with E-state index in [0.717, 1.165) is 19.3 Å². The summed E-state index contributed by atoms with van der Waals surface area (Å²) in [4.78, 5) is 11.2. The van der Waals surface area contributed by atoms with E-state index >= 15 is 0 Å². The molecule has 0 radical (unpaired) electrons. The third-order valence-corrected chi connectivity index (χ3v) is 4.81. The molecule has 1 aliphatic carbocycles. The third-order valence-electron chi connectivity index (χ3n) is 3.68. The SMILES string of the molecule is CSC1CC(c2ccccc2)CCC1C(=O)O. The highest BCUT2D eigenvalue weighted by molar-refractivity contribution is 7.99. The molecule has 2 rings (SSSR count). The first-order valence-corrected chi connectivity index (χ1v) is 7.31. The molecular weight excluding hydrogens is 232 g/mol. The van der Waals surface area contributed by atoms with Gasteiger partial charge in [0.25, 0.3) is 0 Å². The molecule has 0 spiro atoms.